The summed E-state index contributed by atoms with van der Waals surface area (Å²) in [5.41, 5.74) is -0.477. The van der Waals surface area contributed by atoms with Gasteiger partial charge in [-0.15, -0.1) is 12.8 Å². The van der Waals surface area contributed by atoms with Gasteiger partial charge in [-0.05, 0) is 37.5 Å². The summed E-state index contributed by atoms with van der Waals surface area (Å²) in [4.78, 5) is 27.7. The lowest BCUT2D eigenvalue weighted by Gasteiger charge is -2.19. The van der Waals surface area contributed by atoms with Crippen molar-refractivity contribution in [2.75, 3.05) is 18.0 Å². The monoisotopic (exact) mass is 372 g/mol. The Morgan fingerprint density at radius 1 is 1.30 bits per heavy atom. The molecule has 3 N–H and O–H groups in total. The highest BCUT2D eigenvalue weighted by Gasteiger charge is 2.23. The number of rotatable bonds is 4. The van der Waals surface area contributed by atoms with Crippen LogP contribution < -0.4 is 10.5 Å². The maximum atomic E-state index is 14.7. The lowest BCUT2D eigenvalue weighted by molar-refractivity contribution is 0.0691. The highest BCUT2D eigenvalue weighted by molar-refractivity contribution is 5.92. The molecule has 2 aromatic rings. The van der Waals surface area contributed by atoms with Crippen LogP contribution in [0.3, 0.4) is 0 Å². The average Bonchev–Trinajstić information content (AvgIpc) is 3.17. The predicted octanol–water partition coefficient (Wildman–Crippen LogP) is 3.00. The van der Waals surface area contributed by atoms with Gasteiger partial charge < -0.3 is 20.1 Å². The molecule has 142 valence electrons. The van der Waals surface area contributed by atoms with Crippen molar-refractivity contribution in [3.05, 3.63) is 45.5 Å². The Labute approximate surface area is 156 Å². The van der Waals surface area contributed by atoms with Gasteiger partial charge in [-0.1, -0.05) is 6.92 Å². The number of aromatic amines is 1. The third-order valence-electron chi connectivity index (χ3n) is 4.55. The summed E-state index contributed by atoms with van der Waals surface area (Å²) in [6, 6.07) is 4.72. The topological polar surface area (TPSA) is 93.6 Å². The van der Waals surface area contributed by atoms with Crippen molar-refractivity contribution in [2.24, 2.45) is 0 Å². The molecule has 0 amide bonds. The van der Waals surface area contributed by atoms with E-state index in [2.05, 4.69) is 22.7 Å². The number of aromatic carboxylic acids is 1. The van der Waals surface area contributed by atoms with Crippen molar-refractivity contribution in [1.29, 1.82) is 0 Å². The van der Waals surface area contributed by atoms with Crippen LogP contribution in [0.1, 0.15) is 35.7 Å². The molecule has 0 unspecified atom stereocenters. The van der Waals surface area contributed by atoms with E-state index in [9.17, 15) is 19.1 Å². The average molecular weight is 372 g/mol. The Kier molecular flexibility index (Phi) is 6.24. The molecule has 1 fully saturated rings. The molecule has 6 nitrogen and oxygen atoms in total. The van der Waals surface area contributed by atoms with Crippen LogP contribution in [0.2, 0.25) is 0 Å². The van der Waals surface area contributed by atoms with Gasteiger partial charge in [0.25, 0.3) is 5.56 Å². The Hall–Kier alpha value is -3.27. The number of carbonyl (C=O) groups is 1. The maximum Gasteiger partial charge on any atom is 0.345 e. The van der Waals surface area contributed by atoms with Gasteiger partial charge in [-0.25, -0.2) is 9.18 Å². The van der Waals surface area contributed by atoms with Crippen molar-refractivity contribution in [3.63, 3.8) is 0 Å². The molecule has 1 saturated heterocycles. The van der Waals surface area contributed by atoms with E-state index >= 15 is 0 Å². The van der Waals surface area contributed by atoms with E-state index in [1.54, 1.807) is 19.1 Å². The summed E-state index contributed by atoms with van der Waals surface area (Å²) in [5, 5.41) is 19.2. The minimum absolute atomic E-state index is 0.112. The fourth-order valence-electron chi connectivity index (χ4n) is 3.28. The fraction of sp³-hybridized carbons (Fsp3) is 0.300. The third kappa shape index (κ3) is 3.80. The summed E-state index contributed by atoms with van der Waals surface area (Å²) in [5.74, 6) is -2.67. The van der Waals surface area contributed by atoms with Crippen LogP contribution in [-0.2, 0) is 6.42 Å². The molecule has 0 radical (unpaired) electrons. The molecule has 2 heterocycles. The zero-order valence-corrected chi connectivity index (χ0v) is 15.0. The van der Waals surface area contributed by atoms with E-state index in [0.717, 1.165) is 31.6 Å². The number of hydrogen-bond acceptors (Lipinski definition) is 4. The molecule has 1 aliphatic rings. The molecular weight excluding hydrogens is 351 g/mol. The van der Waals surface area contributed by atoms with E-state index in [-0.39, 0.29) is 23.2 Å². The third-order valence-corrected chi connectivity index (χ3v) is 4.55. The summed E-state index contributed by atoms with van der Waals surface area (Å²) in [7, 11) is 0. The molecule has 0 atom stereocenters. The van der Waals surface area contributed by atoms with E-state index in [1.807, 2.05) is 0 Å². The molecular formula is C20H21FN2O4. The Bertz CT molecular complexity index is 928. The van der Waals surface area contributed by atoms with Crippen molar-refractivity contribution >= 4 is 11.7 Å². The molecule has 1 aromatic heterocycles. The highest BCUT2D eigenvalue weighted by Crippen LogP contribution is 2.33. The maximum absolute atomic E-state index is 14.7. The number of pyridine rings is 1. The fourth-order valence-corrected chi connectivity index (χ4v) is 3.28. The van der Waals surface area contributed by atoms with Crippen LogP contribution >= 0.6 is 0 Å². The number of aromatic hydroxyl groups is 1. The number of aromatic nitrogens is 1. The van der Waals surface area contributed by atoms with Gasteiger partial charge in [-0.3, -0.25) is 4.79 Å². The van der Waals surface area contributed by atoms with Crippen molar-refractivity contribution in [2.45, 2.75) is 26.2 Å². The largest absolute Gasteiger partial charge is 0.506 e. The minimum Gasteiger partial charge on any atom is -0.506 e. The van der Waals surface area contributed by atoms with Crippen LogP contribution in [0.15, 0.2) is 23.0 Å². The Morgan fingerprint density at radius 2 is 1.93 bits per heavy atom. The number of carboxylic acids is 1. The van der Waals surface area contributed by atoms with Gasteiger partial charge in [0.15, 0.2) is 5.56 Å². The number of halogens is 1. The minimum atomic E-state index is -1.52. The zero-order valence-electron chi connectivity index (χ0n) is 15.0. The first-order chi connectivity index (χ1) is 12.9. The van der Waals surface area contributed by atoms with E-state index in [4.69, 9.17) is 5.11 Å². The zero-order chi connectivity index (χ0) is 20.1. The van der Waals surface area contributed by atoms with E-state index in [0.29, 0.717) is 0 Å². The first-order valence-corrected chi connectivity index (χ1v) is 8.53. The predicted molar refractivity (Wildman–Crippen MR) is 102 cm³/mol. The van der Waals surface area contributed by atoms with Crippen LogP contribution in [-0.4, -0.2) is 34.3 Å². The Balaban J connectivity index is 0.00000126. The van der Waals surface area contributed by atoms with Gasteiger partial charge in [0.2, 0.25) is 0 Å². The van der Waals surface area contributed by atoms with Crippen LogP contribution in [0, 0.1) is 18.7 Å². The number of benzene rings is 1. The molecule has 3 rings (SSSR count). The number of carboxylic acid groups (broad SMARTS) is 1. The highest BCUT2D eigenvalue weighted by atomic mass is 19.1. The number of hydrogen-bond donors (Lipinski definition) is 3. The van der Waals surface area contributed by atoms with Crippen molar-refractivity contribution < 1.29 is 19.4 Å². The Morgan fingerprint density at radius 3 is 2.44 bits per heavy atom. The molecule has 0 saturated carbocycles. The van der Waals surface area contributed by atoms with Gasteiger partial charge >= 0.3 is 5.97 Å². The van der Waals surface area contributed by atoms with Gasteiger partial charge in [0.1, 0.15) is 11.6 Å². The van der Waals surface area contributed by atoms with Crippen molar-refractivity contribution in [1.82, 2.24) is 4.98 Å². The van der Waals surface area contributed by atoms with Crippen molar-refractivity contribution in [3.8, 4) is 29.9 Å². The summed E-state index contributed by atoms with van der Waals surface area (Å²) in [6.45, 7) is 3.45. The number of nitrogens with zero attached hydrogens (tertiary/aromatic N) is 1. The number of anilines is 1. The lowest BCUT2D eigenvalue weighted by atomic mass is 10.00. The smallest absolute Gasteiger partial charge is 0.345 e. The van der Waals surface area contributed by atoms with E-state index in [1.165, 1.54) is 6.07 Å². The second kappa shape index (κ2) is 8.41. The summed E-state index contributed by atoms with van der Waals surface area (Å²) >= 11 is 0. The first-order valence-electron chi connectivity index (χ1n) is 8.53. The second-order valence-corrected chi connectivity index (χ2v) is 6.05. The second-order valence-electron chi connectivity index (χ2n) is 6.05. The van der Waals surface area contributed by atoms with Gasteiger partial charge in [-0.2, -0.15) is 0 Å². The molecule has 1 aromatic carbocycles. The molecule has 27 heavy (non-hydrogen) atoms. The number of nitrogens with one attached hydrogen (secondary N) is 1. The van der Waals surface area contributed by atoms with Gasteiger partial charge in [0, 0.05) is 29.9 Å². The van der Waals surface area contributed by atoms with Gasteiger partial charge in [0.05, 0.1) is 5.69 Å². The number of terminal acetylenes is 1. The quantitative estimate of drug-likeness (QED) is 0.718. The molecule has 0 spiro atoms. The summed E-state index contributed by atoms with van der Waals surface area (Å²) < 4.78 is 14.7. The number of H-pyrrole nitrogens is 1. The molecule has 0 bridgehead atoms. The molecule has 0 aliphatic carbocycles. The van der Waals surface area contributed by atoms with Crippen LogP contribution in [0.25, 0.3) is 11.3 Å². The van der Waals surface area contributed by atoms with E-state index < -0.39 is 28.7 Å². The summed E-state index contributed by atoms with van der Waals surface area (Å²) in [6.07, 6.45) is 10.4. The first kappa shape index (κ1) is 20.0. The normalized spacial score (nSPS) is 13.1. The standard InChI is InChI=1S/C18H19FN2O4.C2H2/c1-2-11-15(20-17(23)14(16(11)22)18(24)25)12-6-5-10(9-13(12)19)21-7-3-4-8-21;1-2/h5-6,9H,2-4,7-8H2,1H3,(H,24,25)(H2,20,22,23);1-2H. The SMILES string of the molecule is C#C.CCc1c(-c2ccc(N3CCCC3)cc2F)[nH]c(=O)c(C(=O)O)c1O. The molecule has 1 aliphatic heterocycles. The van der Waals surface area contributed by atoms with Crippen LogP contribution in [0.4, 0.5) is 10.1 Å². The molecule has 7 heteroatoms. The lowest BCUT2D eigenvalue weighted by Crippen LogP contribution is -2.20. The van der Waals surface area contributed by atoms with Crippen LogP contribution in [0.5, 0.6) is 5.75 Å².